The van der Waals surface area contributed by atoms with Crippen molar-refractivity contribution in [1.82, 2.24) is 5.43 Å². The molecule has 0 heterocycles. The van der Waals surface area contributed by atoms with Gasteiger partial charge in [0.1, 0.15) is 0 Å². The van der Waals surface area contributed by atoms with Crippen LogP contribution in [0.15, 0.2) is 29.4 Å². The lowest BCUT2D eigenvalue weighted by Gasteiger charge is -1.98. The van der Waals surface area contributed by atoms with Gasteiger partial charge in [-0.15, -0.1) is 0 Å². The average molecular weight is 192 g/mol. The molecule has 0 aliphatic heterocycles. The predicted octanol–water partition coefficient (Wildman–Crippen LogP) is 0.465. The molecule has 0 spiro atoms. The molecule has 0 aromatic heterocycles. The summed E-state index contributed by atoms with van der Waals surface area (Å²) in [5.41, 5.74) is 2.64. The molecule has 0 atom stereocenters. The van der Waals surface area contributed by atoms with Crippen molar-refractivity contribution >= 4 is 18.6 Å². The van der Waals surface area contributed by atoms with Gasteiger partial charge < -0.3 is 5.11 Å². The van der Waals surface area contributed by atoms with Crippen molar-refractivity contribution in [2.45, 2.75) is 0 Å². The summed E-state index contributed by atoms with van der Waals surface area (Å²) in [6.45, 7) is 0. The van der Waals surface area contributed by atoms with Crippen LogP contribution < -0.4 is 5.43 Å². The molecule has 0 unspecified atom stereocenters. The van der Waals surface area contributed by atoms with Crippen molar-refractivity contribution in [3.05, 3.63) is 35.4 Å². The molecule has 5 heteroatoms. The van der Waals surface area contributed by atoms with E-state index in [2.05, 4.69) is 10.5 Å². The Hall–Kier alpha value is -2.17. The predicted molar refractivity (Wildman–Crippen MR) is 50.2 cm³/mol. The number of hydrazone groups is 1. The number of carbonyl (C=O) groups is 2. The van der Waals surface area contributed by atoms with Crippen LogP contribution in [0.1, 0.15) is 15.9 Å². The molecular formula is C9H8N2O3. The first-order valence-electron chi connectivity index (χ1n) is 3.80. The van der Waals surface area contributed by atoms with Crippen molar-refractivity contribution in [3.8, 4) is 0 Å². The van der Waals surface area contributed by atoms with E-state index in [1.165, 1.54) is 12.3 Å². The lowest BCUT2D eigenvalue weighted by atomic mass is 10.1. The van der Waals surface area contributed by atoms with Gasteiger partial charge in [0.25, 0.3) is 0 Å². The second kappa shape index (κ2) is 4.76. The normalized spacial score (nSPS) is 10.0. The van der Waals surface area contributed by atoms with E-state index in [0.717, 1.165) is 0 Å². The van der Waals surface area contributed by atoms with Crippen LogP contribution in [-0.2, 0) is 4.79 Å². The van der Waals surface area contributed by atoms with E-state index in [4.69, 9.17) is 5.11 Å². The number of nitrogens with one attached hydrogen (secondary N) is 1. The van der Waals surface area contributed by atoms with Crippen LogP contribution in [-0.4, -0.2) is 23.7 Å². The number of nitrogens with zero attached hydrogens (tertiary/aromatic N) is 1. The van der Waals surface area contributed by atoms with Crippen LogP contribution in [0.5, 0.6) is 0 Å². The number of carboxylic acids is 1. The molecule has 0 saturated carbocycles. The number of amides is 1. The Morgan fingerprint density at radius 1 is 1.43 bits per heavy atom. The molecule has 0 aliphatic rings. The van der Waals surface area contributed by atoms with Crippen molar-refractivity contribution in [3.63, 3.8) is 0 Å². The number of carboxylic acid groups (broad SMARTS) is 1. The Balaban J connectivity index is 2.95. The molecule has 0 aliphatic carbocycles. The van der Waals surface area contributed by atoms with E-state index < -0.39 is 5.97 Å². The van der Waals surface area contributed by atoms with E-state index >= 15 is 0 Å². The minimum atomic E-state index is -1.03. The van der Waals surface area contributed by atoms with E-state index in [1.807, 2.05) is 0 Å². The fourth-order valence-electron chi connectivity index (χ4n) is 0.942. The highest BCUT2D eigenvalue weighted by atomic mass is 16.4. The van der Waals surface area contributed by atoms with Crippen molar-refractivity contribution in [2.75, 3.05) is 0 Å². The van der Waals surface area contributed by atoms with E-state index in [0.29, 0.717) is 12.0 Å². The van der Waals surface area contributed by atoms with Crippen LogP contribution in [0.25, 0.3) is 0 Å². The fourth-order valence-corrected chi connectivity index (χ4v) is 0.942. The molecule has 72 valence electrons. The molecule has 1 amide bonds. The van der Waals surface area contributed by atoms with Gasteiger partial charge in [0.15, 0.2) is 0 Å². The SMILES string of the molecule is O=CNN=Cc1ccccc1C(=O)O. The maximum atomic E-state index is 10.7. The summed E-state index contributed by atoms with van der Waals surface area (Å²) >= 11 is 0. The third-order valence-electron chi connectivity index (χ3n) is 1.52. The van der Waals surface area contributed by atoms with Crippen LogP contribution in [0.4, 0.5) is 0 Å². The van der Waals surface area contributed by atoms with Crippen molar-refractivity contribution in [2.24, 2.45) is 5.10 Å². The average Bonchev–Trinajstić information content (AvgIpc) is 2.19. The first-order valence-corrected chi connectivity index (χ1v) is 3.80. The molecule has 14 heavy (non-hydrogen) atoms. The third-order valence-corrected chi connectivity index (χ3v) is 1.52. The Morgan fingerprint density at radius 3 is 2.79 bits per heavy atom. The zero-order chi connectivity index (χ0) is 10.4. The van der Waals surface area contributed by atoms with E-state index in [-0.39, 0.29) is 5.56 Å². The topological polar surface area (TPSA) is 78.8 Å². The number of rotatable bonds is 4. The van der Waals surface area contributed by atoms with E-state index in [9.17, 15) is 9.59 Å². The monoisotopic (exact) mass is 192 g/mol. The van der Waals surface area contributed by atoms with Crippen LogP contribution >= 0.6 is 0 Å². The summed E-state index contributed by atoms with van der Waals surface area (Å²) in [5, 5.41) is 12.3. The molecule has 0 saturated heterocycles. The van der Waals surface area contributed by atoms with E-state index in [1.54, 1.807) is 18.2 Å². The third kappa shape index (κ3) is 2.41. The van der Waals surface area contributed by atoms with Gasteiger partial charge in [0.2, 0.25) is 6.41 Å². The van der Waals surface area contributed by atoms with Gasteiger partial charge in [-0.1, -0.05) is 18.2 Å². The Labute approximate surface area is 80.1 Å². The van der Waals surface area contributed by atoms with Gasteiger partial charge in [-0.3, -0.25) is 4.79 Å². The van der Waals surface area contributed by atoms with Crippen LogP contribution in [0.2, 0.25) is 0 Å². The number of hydrogen-bond acceptors (Lipinski definition) is 3. The molecule has 0 bridgehead atoms. The van der Waals surface area contributed by atoms with Crippen molar-refractivity contribution < 1.29 is 14.7 Å². The minimum absolute atomic E-state index is 0.143. The summed E-state index contributed by atoms with van der Waals surface area (Å²) in [7, 11) is 0. The first-order chi connectivity index (χ1) is 6.75. The molecule has 2 N–H and O–H groups in total. The molecule has 1 aromatic carbocycles. The second-order valence-corrected chi connectivity index (χ2v) is 2.40. The summed E-state index contributed by atoms with van der Waals surface area (Å²) < 4.78 is 0. The number of aromatic carboxylic acids is 1. The number of carbonyl (C=O) groups excluding carboxylic acids is 1. The van der Waals surface area contributed by atoms with Gasteiger partial charge >= 0.3 is 5.97 Å². The van der Waals surface area contributed by atoms with Crippen LogP contribution in [0, 0.1) is 0 Å². The second-order valence-electron chi connectivity index (χ2n) is 2.40. The summed E-state index contributed by atoms with van der Waals surface area (Å²) in [6, 6.07) is 6.37. The molecule has 0 radical (unpaired) electrons. The first kappa shape index (κ1) is 9.91. The van der Waals surface area contributed by atoms with Crippen molar-refractivity contribution in [1.29, 1.82) is 0 Å². The Morgan fingerprint density at radius 2 is 2.14 bits per heavy atom. The fraction of sp³-hybridized carbons (Fsp3) is 0. The zero-order valence-corrected chi connectivity index (χ0v) is 7.18. The van der Waals surface area contributed by atoms with Gasteiger partial charge in [-0.05, 0) is 6.07 Å². The van der Waals surface area contributed by atoms with Gasteiger partial charge in [0.05, 0.1) is 11.8 Å². The maximum absolute atomic E-state index is 10.7. The lowest BCUT2D eigenvalue weighted by Crippen LogP contribution is -2.04. The summed E-state index contributed by atoms with van der Waals surface area (Å²) in [5.74, 6) is -1.03. The van der Waals surface area contributed by atoms with Gasteiger partial charge in [0, 0.05) is 5.56 Å². The Kier molecular flexibility index (Phi) is 3.37. The Bertz CT molecular complexity index is 374. The molecule has 0 fully saturated rings. The lowest BCUT2D eigenvalue weighted by molar-refractivity contribution is -0.109. The number of benzene rings is 1. The maximum Gasteiger partial charge on any atom is 0.336 e. The summed E-state index contributed by atoms with van der Waals surface area (Å²) in [6.07, 6.45) is 1.68. The highest BCUT2D eigenvalue weighted by molar-refractivity contribution is 5.98. The largest absolute Gasteiger partial charge is 0.478 e. The molecule has 1 aromatic rings. The van der Waals surface area contributed by atoms with Gasteiger partial charge in [-0.25, -0.2) is 10.2 Å². The van der Waals surface area contributed by atoms with Gasteiger partial charge in [-0.2, -0.15) is 5.10 Å². The zero-order valence-electron chi connectivity index (χ0n) is 7.18. The minimum Gasteiger partial charge on any atom is -0.478 e. The summed E-state index contributed by atoms with van der Waals surface area (Å²) in [4.78, 5) is 20.6. The molecule has 5 nitrogen and oxygen atoms in total. The highest BCUT2D eigenvalue weighted by Gasteiger charge is 2.05. The quantitative estimate of drug-likeness (QED) is 0.413. The highest BCUT2D eigenvalue weighted by Crippen LogP contribution is 2.05. The van der Waals surface area contributed by atoms with Crippen LogP contribution in [0.3, 0.4) is 0 Å². The molecular weight excluding hydrogens is 184 g/mol. The molecule has 1 rings (SSSR count). The number of hydrogen-bond donors (Lipinski definition) is 2. The smallest absolute Gasteiger partial charge is 0.336 e. The standard InChI is InChI=1S/C9H8N2O3/c12-6-11-10-5-7-3-1-2-4-8(7)9(13)14/h1-6H,(H,11,12)(H,13,14).